The van der Waals surface area contributed by atoms with Gasteiger partial charge in [0.15, 0.2) is 0 Å². The maximum atomic E-state index is 6.20. The van der Waals surface area contributed by atoms with Crippen molar-refractivity contribution in [3.05, 3.63) is 62.6 Å². The largest absolute Gasteiger partial charge is 0.376 e. The lowest BCUT2D eigenvalue weighted by Crippen LogP contribution is -2.20. The van der Waals surface area contributed by atoms with E-state index in [2.05, 4.69) is 46.4 Å². The molecule has 106 valence electrons. The average Bonchev–Trinajstić information content (AvgIpc) is 2.43. The van der Waals surface area contributed by atoms with Gasteiger partial charge in [-0.1, -0.05) is 29.8 Å². The minimum Gasteiger partial charge on any atom is -0.376 e. The van der Waals surface area contributed by atoms with Crippen LogP contribution in [0.2, 0.25) is 5.02 Å². The fourth-order valence-electron chi connectivity index (χ4n) is 2.04. The molecular weight excluding hydrogens is 336 g/mol. The minimum absolute atomic E-state index is 0.0335. The van der Waals surface area contributed by atoms with Crippen LogP contribution >= 0.6 is 27.5 Å². The Bertz CT molecular complexity index is 613. The highest BCUT2D eigenvalue weighted by atomic mass is 79.9. The number of halogens is 2. The quantitative estimate of drug-likeness (QED) is 0.826. The third-order valence-corrected chi connectivity index (χ3v) is 4.38. The smallest absolute Gasteiger partial charge is 0.0637 e. The monoisotopic (exact) mass is 352 g/mol. The van der Waals surface area contributed by atoms with Gasteiger partial charge in [-0.15, -0.1) is 0 Å². The molecule has 0 aromatic heterocycles. The first kappa shape index (κ1) is 15.4. The Balaban J connectivity index is 2.28. The van der Waals surface area contributed by atoms with Crippen molar-refractivity contribution in [2.24, 2.45) is 5.73 Å². The maximum absolute atomic E-state index is 6.20. The molecule has 0 radical (unpaired) electrons. The van der Waals surface area contributed by atoms with Gasteiger partial charge < -0.3 is 11.1 Å². The summed E-state index contributed by atoms with van der Waals surface area (Å²) < 4.78 is 1.03. The summed E-state index contributed by atoms with van der Waals surface area (Å²) in [6, 6.07) is 12.3. The third kappa shape index (κ3) is 3.54. The van der Waals surface area contributed by atoms with E-state index in [0.717, 1.165) is 26.3 Å². The van der Waals surface area contributed by atoms with Gasteiger partial charge in [0.1, 0.15) is 0 Å². The first-order valence-electron chi connectivity index (χ1n) is 6.50. The highest BCUT2D eigenvalue weighted by molar-refractivity contribution is 9.10. The maximum Gasteiger partial charge on any atom is 0.0637 e. The van der Waals surface area contributed by atoms with Gasteiger partial charge >= 0.3 is 0 Å². The van der Waals surface area contributed by atoms with E-state index in [9.17, 15) is 0 Å². The van der Waals surface area contributed by atoms with Crippen LogP contribution in [0.3, 0.4) is 0 Å². The Morgan fingerprint density at radius 2 is 1.95 bits per heavy atom. The van der Waals surface area contributed by atoms with E-state index in [0.29, 0.717) is 6.54 Å². The highest BCUT2D eigenvalue weighted by Gasteiger charge is 2.12. The molecule has 20 heavy (non-hydrogen) atoms. The van der Waals surface area contributed by atoms with Gasteiger partial charge in [0, 0.05) is 21.7 Å². The number of hydrogen-bond acceptors (Lipinski definition) is 2. The summed E-state index contributed by atoms with van der Waals surface area (Å²) in [5.74, 6) is 0. The summed E-state index contributed by atoms with van der Waals surface area (Å²) >= 11 is 9.75. The Kier molecular flexibility index (Phi) is 5.08. The molecule has 1 atom stereocenters. The Morgan fingerprint density at radius 1 is 1.20 bits per heavy atom. The fraction of sp³-hybridized carbons (Fsp3) is 0.250. The lowest BCUT2D eigenvalue weighted by Gasteiger charge is -2.20. The summed E-state index contributed by atoms with van der Waals surface area (Å²) in [4.78, 5) is 0. The van der Waals surface area contributed by atoms with Gasteiger partial charge in [-0.25, -0.2) is 0 Å². The lowest BCUT2D eigenvalue weighted by molar-refractivity contribution is 0.789. The van der Waals surface area contributed by atoms with E-state index < -0.39 is 0 Å². The number of anilines is 1. The van der Waals surface area contributed by atoms with Crippen molar-refractivity contribution in [2.45, 2.75) is 19.9 Å². The Morgan fingerprint density at radius 3 is 2.60 bits per heavy atom. The van der Waals surface area contributed by atoms with E-state index in [1.54, 1.807) is 0 Å². The molecule has 0 bridgehead atoms. The van der Waals surface area contributed by atoms with E-state index in [1.165, 1.54) is 5.56 Å². The molecular formula is C16H18BrClN2. The van der Waals surface area contributed by atoms with Crippen LogP contribution in [-0.4, -0.2) is 6.54 Å². The van der Waals surface area contributed by atoms with E-state index >= 15 is 0 Å². The van der Waals surface area contributed by atoms with Crippen LogP contribution < -0.4 is 11.1 Å². The Hall–Kier alpha value is -1.03. The molecule has 2 aromatic carbocycles. The molecule has 0 saturated carbocycles. The lowest BCUT2D eigenvalue weighted by atomic mass is 10.0. The zero-order chi connectivity index (χ0) is 14.7. The second-order valence-electron chi connectivity index (χ2n) is 4.92. The van der Waals surface area contributed by atoms with Crippen molar-refractivity contribution in [2.75, 3.05) is 11.9 Å². The summed E-state index contributed by atoms with van der Waals surface area (Å²) in [6.07, 6.45) is 0. The summed E-state index contributed by atoms with van der Waals surface area (Å²) in [5.41, 5.74) is 10.3. The molecule has 2 rings (SSSR count). The molecule has 0 spiro atoms. The molecule has 0 aliphatic heterocycles. The molecule has 0 heterocycles. The molecule has 0 aliphatic carbocycles. The average molecular weight is 354 g/mol. The molecule has 4 heteroatoms. The van der Waals surface area contributed by atoms with Crippen LogP contribution in [0.15, 0.2) is 40.9 Å². The second kappa shape index (κ2) is 6.61. The van der Waals surface area contributed by atoms with Crippen molar-refractivity contribution < 1.29 is 0 Å². The van der Waals surface area contributed by atoms with Crippen molar-refractivity contribution in [1.29, 1.82) is 0 Å². The number of aryl methyl sites for hydroxylation is 2. The predicted octanol–water partition coefficient (Wildman–Crippen LogP) is 4.83. The van der Waals surface area contributed by atoms with Gasteiger partial charge in [-0.05, 0) is 64.7 Å². The standard InChI is InChI=1S/C16H18BrClN2/c1-10-3-6-13(17)15(7-10)20-16(9-19)12-5-4-11(2)14(18)8-12/h3-8,16,20H,9,19H2,1-2H3. The number of hydrogen-bond donors (Lipinski definition) is 2. The number of benzene rings is 2. The van der Waals surface area contributed by atoms with Crippen LogP contribution in [0.1, 0.15) is 22.7 Å². The molecule has 3 N–H and O–H groups in total. The van der Waals surface area contributed by atoms with Gasteiger partial charge in [0.05, 0.1) is 6.04 Å². The number of nitrogens with one attached hydrogen (secondary N) is 1. The topological polar surface area (TPSA) is 38.0 Å². The van der Waals surface area contributed by atoms with Crippen LogP contribution in [0.5, 0.6) is 0 Å². The van der Waals surface area contributed by atoms with Gasteiger partial charge in [-0.3, -0.25) is 0 Å². The van der Waals surface area contributed by atoms with Crippen LogP contribution in [0, 0.1) is 13.8 Å². The van der Waals surface area contributed by atoms with E-state index in [4.69, 9.17) is 17.3 Å². The molecule has 0 saturated heterocycles. The first-order valence-corrected chi connectivity index (χ1v) is 7.67. The molecule has 2 aromatic rings. The number of rotatable bonds is 4. The summed E-state index contributed by atoms with van der Waals surface area (Å²) in [6.45, 7) is 4.56. The second-order valence-corrected chi connectivity index (χ2v) is 6.19. The van der Waals surface area contributed by atoms with E-state index in [-0.39, 0.29) is 6.04 Å². The molecule has 1 unspecified atom stereocenters. The molecule has 0 amide bonds. The van der Waals surface area contributed by atoms with Crippen molar-refractivity contribution in [3.63, 3.8) is 0 Å². The zero-order valence-electron chi connectivity index (χ0n) is 11.6. The summed E-state index contributed by atoms with van der Waals surface area (Å²) in [5, 5.41) is 4.24. The van der Waals surface area contributed by atoms with Crippen LogP contribution in [0.4, 0.5) is 5.69 Å². The molecule has 2 nitrogen and oxygen atoms in total. The minimum atomic E-state index is 0.0335. The van der Waals surface area contributed by atoms with Gasteiger partial charge in [0.2, 0.25) is 0 Å². The van der Waals surface area contributed by atoms with Crippen molar-refractivity contribution >= 4 is 33.2 Å². The van der Waals surface area contributed by atoms with E-state index in [1.807, 2.05) is 25.1 Å². The highest BCUT2D eigenvalue weighted by Crippen LogP contribution is 2.28. The Labute approximate surface area is 133 Å². The van der Waals surface area contributed by atoms with Crippen LogP contribution in [0.25, 0.3) is 0 Å². The number of nitrogens with two attached hydrogens (primary N) is 1. The third-order valence-electron chi connectivity index (χ3n) is 3.29. The fourth-order valence-corrected chi connectivity index (χ4v) is 2.59. The van der Waals surface area contributed by atoms with Crippen LogP contribution in [-0.2, 0) is 0 Å². The van der Waals surface area contributed by atoms with Crippen molar-refractivity contribution in [1.82, 2.24) is 0 Å². The first-order chi connectivity index (χ1) is 9.51. The normalized spacial score (nSPS) is 12.2. The predicted molar refractivity (Wildman–Crippen MR) is 90.5 cm³/mol. The summed E-state index contributed by atoms with van der Waals surface area (Å²) in [7, 11) is 0. The van der Waals surface area contributed by atoms with Crippen molar-refractivity contribution in [3.8, 4) is 0 Å². The zero-order valence-corrected chi connectivity index (χ0v) is 13.9. The van der Waals surface area contributed by atoms with Gasteiger partial charge in [0.25, 0.3) is 0 Å². The molecule has 0 aliphatic rings. The SMILES string of the molecule is Cc1ccc(Br)c(NC(CN)c2ccc(C)c(Cl)c2)c1. The molecule has 0 fully saturated rings. The van der Waals surface area contributed by atoms with Gasteiger partial charge in [-0.2, -0.15) is 0 Å².